The summed E-state index contributed by atoms with van der Waals surface area (Å²) in [4.78, 5) is 12.2. The van der Waals surface area contributed by atoms with Crippen LogP contribution >= 0.6 is 0 Å². The van der Waals surface area contributed by atoms with E-state index in [2.05, 4.69) is 26.1 Å². The van der Waals surface area contributed by atoms with Gasteiger partial charge in [0.05, 0.1) is 28.1 Å². The zero-order valence-corrected chi connectivity index (χ0v) is 24.9. The van der Waals surface area contributed by atoms with Crippen molar-refractivity contribution in [2.75, 3.05) is 12.3 Å². The van der Waals surface area contributed by atoms with E-state index in [0.29, 0.717) is 41.9 Å². The molecule has 0 aliphatic heterocycles. The summed E-state index contributed by atoms with van der Waals surface area (Å²) in [7, 11) is -4.31. The van der Waals surface area contributed by atoms with Crippen LogP contribution in [0.25, 0.3) is 0 Å². The number of aliphatic hydroxyl groups is 2. The van der Waals surface area contributed by atoms with E-state index in [1.165, 1.54) is 6.42 Å². The molecule has 0 heterocycles. The van der Waals surface area contributed by atoms with Crippen molar-refractivity contribution < 1.29 is 57.5 Å². The van der Waals surface area contributed by atoms with Gasteiger partial charge in [0.15, 0.2) is 0 Å². The number of hydrogen-bond acceptors (Lipinski definition) is 6. The molecule has 10 atom stereocenters. The second kappa shape index (κ2) is 11.2. The molecule has 0 aromatic carbocycles. The first-order valence-corrected chi connectivity index (χ1v) is 15.0. The van der Waals surface area contributed by atoms with Gasteiger partial charge in [-0.05, 0) is 104 Å². The van der Waals surface area contributed by atoms with Crippen LogP contribution in [-0.2, 0) is 14.9 Å². The Morgan fingerprint density at radius 2 is 1.71 bits per heavy atom. The molecule has 4 aliphatic rings. The van der Waals surface area contributed by atoms with Crippen LogP contribution in [0.15, 0.2) is 0 Å². The van der Waals surface area contributed by atoms with Crippen LogP contribution in [0.3, 0.4) is 0 Å². The number of carbonyl (C=O) groups excluding carboxylic acids is 1. The molecular weight excluding hydrogens is 477 g/mol. The predicted octanol–water partition coefficient (Wildman–Crippen LogP) is 0.0587. The van der Waals surface area contributed by atoms with Crippen LogP contribution in [0.4, 0.5) is 0 Å². The monoisotopic (exact) mass is 521 g/mol. The van der Waals surface area contributed by atoms with Gasteiger partial charge in [-0.2, -0.15) is 0 Å². The maximum atomic E-state index is 12.2. The average Bonchev–Trinajstić information content (AvgIpc) is 3.09. The number of amides is 1. The molecule has 7 nitrogen and oxygen atoms in total. The van der Waals surface area contributed by atoms with E-state index in [1.54, 1.807) is 0 Å². The van der Waals surface area contributed by atoms with Gasteiger partial charge in [0, 0.05) is 13.0 Å². The number of carbonyl (C=O) groups is 1. The standard InChI is InChI=1S/C26H45NO6S.Na/c1-16(4-7-23(30)27-12-13-34(31,32)33)19-5-6-20-24-21(9-11-26(19,20)3)25(2)10-8-18(28)14-17(25)15-22(24)29;/h16-22,24,28-29H,4-15H2,1-3H3,(H,27,30)(H,31,32,33);/q;+1/p-1/t16-,17?,18-,19-,20?,21?,22+,24?,25+,26-;/m0./s1. The maximum absolute atomic E-state index is 12.2. The van der Waals surface area contributed by atoms with Crippen LogP contribution in [0, 0.1) is 46.3 Å². The van der Waals surface area contributed by atoms with Crippen molar-refractivity contribution in [3.63, 3.8) is 0 Å². The minimum absolute atomic E-state index is 0. The SMILES string of the molecule is C[C@@H](CCC(=O)NCCS(=O)(=O)[O-])[C@@H]1CCC2C3C(CC[C@]21C)[C@]1(C)CC[C@H](O)CC1C[C@H]3O.[Na+]. The molecule has 4 fully saturated rings. The molecule has 4 unspecified atom stereocenters. The molecule has 4 rings (SSSR count). The fourth-order valence-electron chi connectivity index (χ4n) is 9.14. The second-order valence-corrected chi connectivity index (χ2v) is 14.1. The molecule has 0 aromatic rings. The van der Waals surface area contributed by atoms with Gasteiger partial charge in [0.1, 0.15) is 0 Å². The fourth-order valence-corrected chi connectivity index (χ4v) is 9.49. The van der Waals surface area contributed by atoms with E-state index in [4.69, 9.17) is 0 Å². The third-order valence-electron chi connectivity index (χ3n) is 10.9. The first-order chi connectivity index (χ1) is 15.8. The Morgan fingerprint density at radius 3 is 2.40 bits per heavy atom. The Kier molecular flexibility index (Phi) is 9.54. The molecule has 196 valence electrons. The number of nitrogens with one attached hydrogen (secondary N) is 1. The zero-order valence-electron chi connectivity index (χ0n) is 22.0. The van der Waals surface area contributed by atoms with Crippen LogP contribution in [0.2, 0.25) is 0 Å². The Morgan fingerprint density at radius 1 is 1.06 bits per heavy atom. The molecule has 4 saturated carbocycles. The molecule has 1 amide bonds. The van der Waals surface area contributed by atoms with E-state index in [9.17, 15) is 28.0 Å². The second-order valence-electron chi connectivity index (χ2n) is 12.6. The summed E-state index contributed by atoms with van der Waals surface area (Å²) >= 11 is 0. The average molecular weight is 522 g/mol. The van der Waals surface area contributed by atoms with Gasteiger partial charge in [-0.1, -0.05) is 20.8 Å². The molecule has 0 radical (unpaired) electrons. The smallest absolute Gasteiger partial charge is 0.748 e. The molecule has 9 heteroatoms. The van der Waals surface area contributed by atoms with Crippen molar-refractivity contribution in [2.24, 2.45) is 46.3 Å². The van der Waals surface area contributed by atoms with Gasteiger partial charge < -0.3 is 20.1 Å². The quantitative estimate of drug-likeness (QED) is 0.321. The minimum Gasteiger partial charge on any atom is -0.748 e. The number of rotatable bonds is 7. The van der Waals surface area contributed by atoms with E-state index in [0.717, 1.165) is 51.4 Å². The Hall–Kier alpha value is 0.300. The molecule has 0 bridgehead atoms. The largest absolute Gasteiger partial charge is 1.00 e. The third kappa shape index (κ3) is 5.99. The van der Waals surface area contributed by atoms with Gasteiger partial charge in [0.2, 0.25) is 5.91 Å². The van der Waals surface area contributed by atoms with Crippen molar-refractivity contribution in [1.82, 2.24) is 5.32 Å². The van der Waals surface area contributed by atoms with Crippen LogP contribution < -0.4 is 34.9 Å². The topological polar surface area (TPSA) is 127 Å². The number of fused-ring (bicyclic) bond motifs is 5. The van der Waals surface area contributed by atoms with Gasteiger partial charge in [-0.15, -0.1) is 0 Å². The molecular formula is C26H44NNaO6S. The predicted molar refractivity (Wildman–Crippen MR) is 129 cm³/mol. The van der Waals surface area contributed by atoms with E-state index in [1.807, 2.05) is 0 Å². The molecule has 3 N–H and O–H groups in total. The normalized spacial score (nSPS) is 43.8. The van der Waals surface area contributed by atoms with Crippen molar-refractivity contribution in [3.05, 3.63) is 0 Å². The summed E-state index contributed by atoms with van der Waals surface area (Å²) in [5.41, 5.74) is 0.399. The molecule has 0 spiro atoms. The zero-order chi connectivity index (χ0) is 24.9. The minimum atomic E-state index is -4.31. The van der Waals surface area contributed by atoms with Gasteiger partial charge in [-0.25, -0.2) is 8.42 Å². The van der Waals surface area contributed by atoms with E-state index >= 15 is 0 Å². The molecule has 0 aromatic heterocycles. The first-order valence-electron chi connectivity index (χ1n) is 13.4. The van der Waals surface area contributed by atoms with Gasteiger partial charge in [0.25, 0.3) is 0 Å². The molecule has 4 aliphatic carbocycles. The van der Waals surface area contributed by atoms with Gasteiger partial charge in [-0.3, -0.25) is 4.79 Å². The summed E-state index contributed by atoms with van der Waals surface area (Å²) in [5, 5.41) is 24.2. The Balaban J connectivity index is 0.00000342. The summed E-state index contributed by atoms with van der Waals surface area (Å²) in [6.45, 7) is 6.96. The van der Waals surface area contributed by atoms with E-state index < -0.39 is 15.9 Å². The number of hydrogen-bond donors (Lipinski definition) is 3. The summed E-state index contributed by atoms with van der Waals surface area (Å²) < 4.78 is 32.2. The van der Waals surface area contributed by atoms with Crippen molar-refractivity contribution in [3.8, 4) is 0 Å². The van der Waals surface area contributed by atoms with Crippen LogP contribution in [-0.4, -0.2) is 53.6 Å². The van der Waals surface area contributed by atoms with Crippen molar-refractivity contribution in [2.45, 2.75) is 97.2 Å². The van der Waals surface area contributed by atoms with E-state index in [-0.39, 0.29) is 65.0 Å². The van der Waals surface area contributed by atoms with Crippen LogP contribution in [0.1, 0.15) is 85.0 Å². The van der Waals surface area contributed by atoms with Crippen molar-refractivity contribution in [1.29, 1.82) is 0 Å². The number of aliphatic hydroxyl groups excluding tert-OH is 2. The Bertz CT molecular complexity index is 870. The third-order valence-corrected chi connectivity index (χ3v) is 11.6. The summed E-state index contributed by atoms with van der Waals surface area (Å²) in [5.74, 6) is 1.92. The van der Waals surface area contributed by atoms with Gasteiger partial charge >= 0.3 is 29.6 Å². The van der Waals surface area contributed by atoms with Crippen LogP contribution in [0.5, 0.6) is 0 Å². The summed E-state index contributed by atoms with van der Waals surface area (Å²) in [6, 6.07) is 0. The first kappa shape index (κ1) is 29.9. The summed E-state index contributed by atoms with van der Waals surface area (Å²) in [6.07, 6.45) is 8.78. The Labute approximate surface area is 233 Å². The molecule has 0 saturated heterocycles. The fraction of sp³-hybridized carbons (Fsp3) is 0.962. The van der Waals surface area contributed by atoms with Crippen molar-refractivity contribution >= 4 is 16.0 Å². The molecule has 35 heavy (non-hydrogen) atoms. The maximum Gasteiger partial charge on any atom is 1.00 e.